The first-order chi connectivity index (χ1) is 15.1. The summed E-state index contributed by atoms with van der Waals surface area (Å²) < 4.78 is 5.81. The van der Waals surface area contributed by atoms with Crippen LogP contribution in [0.15, 0.2) is 83.8 Å². The summed E-state index contributed by atoms with van der Waals surface area (Å²) in [5.74, 6) is 1.63. The van der Waals surface area contributed by atoms with Gasteiger partial charge in [-0.05, 0) is 35.9 Å². The van der Waals surface area contributed by atoms with Gasteiger partial charge in [0, 0.05) is 30.8 Å². The van der Waals surface area contributed by atoms with Gasteiger partial charge in [-0.2, -0.15) is 0 Å². The first kappa shape index (κ1) is 21.3. The average molecular weight is 453 g/mol. The number of carbonyl (C=O) groups is 1. The molecule has 0 bridgehead atoms. The van der Waals surface area contributed by atoms with Crippen LogP contribution in [-0.2, 0) is 11.3 Å². The van der Waals surface area contributed by atoms with E-state index in [1.165, 1.54) is 27.7 Å². The normalized spacial score (nSPS) is 15.8. The monoisotopic (exact) mass is 452 g/mol. The van der Waals surface area contributed by atoms with Gasteiger partial charge in [0.05, 0.1) is 9.82 Å². The second kappa shape index (κ2) is 9.89. The Balaban J connectivity index is 1.31. The average Bonchev–Trinajstić information content (AvgIpc) is 3.13. The van der Waals surface area contributed by atoms with E-state index in [-0.39, 0.29) is 21.8 Å². The summed E-state index contributed by atoms with van der Waals surface area (Å²) in [6.07, 6.45) is 0.438. The smallest absolute Gasteiger partial charge is 0.283 e. The van der Waals surface area contributed by atoms with Crippen molar-refractivity contribution >= 4 is 33.2 Å². The Bertz CT molecular complexity index is 1060. The Morgan fingerprint density at radius 1 is 0.968 bits per heavy atom. The number of nitro benzene ring substituents is 1. The molecule has 31 heavy (non-hydrogen) atoms. The van der Waals surface area contributed by atoms with E-state index < -0.39 is 0 Å². The number of hydrogen-bond acceptors (Lipinski definition) is 6. The summed E-state index contributed by atoms with van der Waals surface area (Å²) in [7, 11) is 2.89. The van der Waals surface area contributed by atoms with E-state index in [1.807, 2.05) is 59.5 Å². The first-order valence-electron chi connectivity index (χ1n) is 9.75. The van der Waals surface area contributed by atoms with Gasteiger partial charge in [0.1, 0.15) is 11.5 Å². The van der Waals surface area contributed by atoms with Gasteiger partial charge in [-0.3, -0.25) is 14.9 Å². The molecule has 8 heteroatoms. The van der Waals surface area contributed by atoms with Crippen LogP contribution in [0.2, 0.25) is 0 Å². The van der Waals surface area contributed by atoms with E-state index in [2.05, 4.69) is 0 Å². The number of nitro groups is 1. The predicted molar refractivity (Wildman–Crippen MR) is 123 cm³/mol. The summed E-state index contributed by atoms with van der Waals surface area (Å²) >= 11 is 0. The van der Waals surface area contributed by atoms with Gasteiger partial charge in [-0.15, -0.1) is 0 Å². The molecule has 158 valence electrons. The van der Waals surface area contributed by atoms with Gasteiger partial charge >= 0.3 is 0 Å². The minimum Gasteiger partial charge on any atom is -0.457 e. The number of benzene rings is 3. The lowest BCUT2D eigenvalue weighted by molar-refractivity contribution is -0.387. The summed E-state index contributed by atoms with van der Waals surface area (Å²) in [6, 6.07) is 24.0. The molecule has 0 saturated carbocycles. The minimum absolute atomic E-state index is 0.0954. The molecule has 1 saturated heterocycles. The summed E-state index contributed by atoms with van der Waals surface area (Å²) in [5.41, 5.74) is 1.13. The minimum atomic E-state index is -0.375. The molecule has 0 radical (unpaired) electrons. The molecule has 0 aromatic heterocycles. The largest absolute Gasteiger partial charge is 0.457 e. The standard InChI is InChI=1S/C23H20N2O4S2/c26-23-14-20(30-31-22-9-5-4-8-21(22)25(27)28)16-24(23)15-17-10-12-19(13-11-17)29-18-6-2-1-3-7-18/h1-13,20H,14-16H2/t20-/m1/s1. The number of likely N-dealkylation sites (tertiary alicyclic amines) is 1. The molecule has 0 N–H and O–H groups in total. The van der Waals surface area contributed by atoms with Crippen molar-refractivity contribution in [1.82, 2.24) is 4.90 Å². The maximum absolute atomic E-state index is 12.5. The van der Waals surface area contributed by atoms with E-state index in [1.54, 1.807) is 18.2 Å². The fourth-order valence-corrected chi connectivity index (χ4v) is 5.84. The molecule has 0 unspecified atom stereocenters. The molecule has 4 rings (SSSR count). The molecule has 1 heterocycles. The van der Waals surface area contributed by atoms with Crippen LogP contribution in [0.5, 0.6) is 11.5 Å². The zero-order valence-corrected chi connectivity index (χ0v) is 18.2. The Morgan fingerprint density at radius 3 is 2.39 bits per heavy atom. The third kappa shape index (κ3) is 5.59. The van der Waals surface area contributed by atoms with Crippen LogP contribution >= 0.6 is 21.6 Å². The summed E-state index contributed by atoms with van der Waals surface area (Å²) in [5, 5.41) is 11.3. The van der Waals surface area contributed by atoms with Gasteiger partial charge < -0.3 is 9.64 Å². The van der Waals surface area contributed by atoms with E-state index in [4.69, 9.17) is 4.74 Å². The second-order valence-electron chi connectivity index (χ2n) is 7.06. The zero-order chi connectivity index (χ0) is 21.6. The fraction of sp³-hybridized carbons (Fsp3) is 0.174. The maximum Gasteiger partial charge on any atom is 0.283 e. The molecule has 6 nitrogen and oxygen atoms in total. The molecular weight excluding hydrogens is 432 g/mol. The number of para-hydroxylation sites is 2. The van der Waals surface area contributed by atoms with Crippen molar-refractivity contribution in [3.05, 3.63) is 94.5 Å². The van der Waals surface area contributed by atoms with Crippen LogP contribution in [-0.4, -0.2) is 27.5 Å². The lowest BCUT2D eigenvalue weighted by Gasteiger charge is -2.17. The molecule has 1 aliphatic rings. The highest BCUT2D eigenvalue weighted by Gasteiger charge is 2.30. The van der Waals surface area contributed by atoms with E-state index in [9.17, 15) is 14.9 Å². The molecule has 1 atom stereocenters. The second-order valence-corrected chi connectivity index (χ2v) is 9.61. The number of carbonyl (C=O) groups excluding carboxylic acids is 1. The van der Waals surface area contributed by atoms with Crippen molar-refractivity contribution < 1.29 is 14.5 Å². The Kier molecular flexibility index (Phi) is 6.79. The molecule has 0 aliphatic carbocycles. The van der Waals surface area contributed by atoms with Crippen LogP contribution in [0.25, 0.3) is 0 Å². The number of rotatable bonds is 8. The van der Waals surface area contributed by atoms with Crippen LogP contribution in [0.4, 0.5) is 5.69 Å². The number of nitrogens with zero attached hydrogens (tertiary/aromatic N) is 2. The lowest BCUT2D eigenvalue weighted by Crippen LogP contribution is -2.24. The van der Waals surface area contributed by atoms with Gasteiger partial charge in [0.2, 0.25) is 5.91 Å². The summed E-state index contributed by atoms with van der Waals surface area (Å²) in [4.78, 5) is 25.7. The molecule has 3 aromatic carbocycles. The van der Waals surface area contributed by atoms with Crippen LogP contribution in [0, 0.1) is 10.1 Å². The van der Waals surface area contributed by atoms with Crippen molar-refractivity contribution in [3.63, 3.8) is 0 Å². The molecular formula is C23H20N2O4S2. The van der Waals surface area contributed by atoms with Crippen molar-refractivity contribution in [3.8, 4) is 11.5 Å². The zero-order valence-electron chi connectivity index (χ0n) is 16.5. The Morgan fingerprint density at radius 2 is 1.65 bits per heavy atom. The van der Waals surface area contributed by atoms with Crippen LogP contribution in [0.3, 0.4) is 0 Å². The predicted octanol–water partition coefficient (Wildman–Crippen LogP) is 5.93. The van der Waals surface area contributed by atoms with E-state index in [0.717, 1.165) is 17.1 Å². The van der Waals surface area contributed by atoms with Gasteiger partial charge in [-0.25, -0.2) is 0 Å². The SMILES string of the molecule is O=C1C[C@@H](SSc2ccccc2[N+](=O)[O-])CN1Cc1ccc(Oc2ccccc2)cc1. The highest BCUT2D eigenvalue weighted by atomic mass is 33.1. The third-order valence-corrected chi connectivity index (χ3v) is 7.64. The van der Waals surface area contributed by atoms with Crippen LogP contribution in [0.1, 0.15) is 12.0 Å². The lowest BCUT2D eigenvalue weighted by atomic mass is 10.2. The Hall–Kier alpha value is -2.97. The first-order valence-corrected chi connectivity index (χ1v) is 12.0. The van der Waals surface area contributed by atoms with E-state index >= 15 is 0 Å². The van der Waals surface area contributed by atoms with Gasteiger partial charge in [0.15, 0.2) is 0 Å². The molecule has 1 aliphatic heterocycles. The molecule has 1 fully saturated rings. The van der Waals surface area contributed by atoms with Gasteiger partial charge in [-0.1, -0.05) is 64.1 Å². The van der Waals surface area contributed by atoms with Crippen molar-refractivity contribution in [1.29, 1.82) is 0 Å². The quantitative estimate of drug-likeness (QED) is 0.240. The maximum atomic E-state index is 12.5. The topological polar surface area (TPSA) is 72.7 Å². The van der Waals surface area contributed by atoms with Crippen molar-refractivity contribution in [2.24, 2.45) is 0 Å². The van der Waals surface area contributed by atoms with Crippen molar-refractivity contribution in [2.75, 3.05) is 6.54 Å². The van der Waals surface area contributed by atoms with Crippen LogP contribution < -0.4 is 4.74 Å². The molecule has 3 aromatic rings. The number of amides is 1. The number of hydrogen-bond donors (Lipinski definition) is 0. The molecule has 1 amide bonds. The highest BCUT2D eigenvalue weighted by molar-refractivity contribution is 8.77. The number of ether oxygens (including phenoxy) is 1. The third-order valence-electron chi connectivity index (χ3n) is 4.79. The van der Waals surface area contributed by atoms with Gasteiger partial charge in [0.25, 0.3) is 5.69 Å². The fourth-order valence-electron chi connectivity index (χ4n) is 3.26. The van der Waals surface area contributed by atoms with E-state index in [0.29, 0.717) is 24.4 Å². The Labute approximate surface area is 188 Å². The molecule has 0 spiro atoms. The highest BCUT2D eigenvalue weighted by Crippen LogP contribution is 2.42. The summed E-state index contributed by atoms with van der Waals surface area (Å²) in [6.45, 7) is 1.16. The van der Waals surface area contributed by atoms with Crippen molar-refractivity contribution in [2.45, 2.75) is 23.1 Å².